The van der Waals surface area contributed by atoms with Gasteiger partial charge in [0.15, 0.2) is 12.0 Å². The first-order chi connectivity index (χ1) is 8.70. The van der Waals surface area contributed by atoms with E-state index in [-0.39, 0.29) is 5.15 Å². The highest BCUT2D eigenvalue weighted by atomic mass is 35.5. The molecule has 0 aliphatic heterocycles. The number of rotatable bonds is 2. The van der Waals surface area contributed by atoms with E-state index in [1.165, 1.54) is 0 Å². The van der Waals surface area contributed by atoms with E-state index in [0.29, 0.717) is 40.2 Å². The molecule has 5 nitrogen and oxygen atoms in total. The third-order valence-electron chi connectivity index (χ3n) is 2.63. The quantitative estimate of drug-likeness (QED) is 0.720. The standard InChI is InChI=1S/C12H8ClN3O2/c1-6-14-10(8-3-2-4-18-8)9-7(5-17)11(13)16-12(9)15-6/h2-5H,1H3,(H,14,15,16). The van der Waals surface area contributed by atoms with E-state index in [1.807, 2.05) is 0 Å². The number of H-pyrrole nitrogens is 1. The van der Waals surface area contributed by atoms with Crippen LogP contribution in [0.2, 0.25) is 5.15 Å². The maximum absolute atomic E-state index is 11.1. The Morgan fingerprint density at radius 1 is 1.44 bits per heavy atom. The fraction of sp³-hybridized carbons (Fsp3) is 0.0833. The molecule has 6 heteroatoms. The van der Waals surface area contributed by atoms with Crippen LogP contribution in [0.1, 0.15) is 16.2 Å². The molecule has 90 valence electrons. The number of aryl methyl sites for hydroxylation is 1. The van der Waals surface area contributed by atoms with Crippen molar-refractivity contribution < 1.29 is 9.21 Å². The summed E-state index contributed by atoms with van der Waals surface area (Å²) >= 11 is 5.97. The largest absolute Gasteiger partial charge is 0.463 e. The number of hydrogen-bond acceptors (Lipinski definition) is 4. The topological polar surface area (TPSA) is 71.8 Å². The molecule has 3 heterocycles. The maximum Gasteiger partial charge on any atom is 0.153 e. The van der Waals surface area contributed by atoms with E-state index >= 15 is 0 Å². The number of carbonyl (C=O) groups excluding carboxylic acids is 1. The normalized spacial score (nSPS) is 11.0. The van der Waals surface area contributed by atoms with Gasteiger partial charge in [-0.2, -0.15) is 0 Å². The van der Waals surface area contributed by atoms with Crippen LogP contribution in [0.25, 0.3) is 22.5 Å². The van der Waals surface area contributed by atoms with Gasteiger partial charge >= 0.3 is 0 Å². The van der Waals surface area contributed by atoms with E-state index in [0.717, 1.165) is 0 Å². The summed E-state index contributed by atoms with van der Waals surface area (Å²) in [4.78, 5) is 22.5. The number of nitrogens with zero attached hydrogens (tertiary/aromatic N) is 2. The Bertz CT molecular complexity index is 731. The molecule has 1 N–H and O–H groups in total. The highest BCUT2D eigenvalue weighted by Crippen LogP contribution is 2.31. The molecule has 0 bridgehead atoms. The Kier molecular flexibility index (Phi) is 2.41. The van der Waals surface area contributed by atoms with Crippen molar-refractivity contribution in [3.8, 4) is 11.5 Å². The van der Waals surface area contributed by atoms with E-state index in [1.54, 1.807) is 25.3 Å². The molecule has 18 heavy (non-hydrogen) atoms. The summed E-state index contributed by atoms with van der Waals surface area (Å²) in [5.41, 5.74) is 1.44. The summed E-state index contributed by atoms with van der Waals surface area (Å²) in [6.07, 6.45) is 2.24. The molecule has 0 aromatic carbocycles. The number of hydrogen-bond donors (Lipinski definition) is 1. The van der Waals surface area contributed by atoms with Gasteiger partial charge in [0, 0.05) is 0 Å². The van der Waals surface area contributed by atoms with Crippen LogP contribution >= 0.6 is 11.6 Å². The Hall–Kier alpha value is -2.14. The van der Waals surface area contributed by atoms with E-state index < -0.39 is 0 Å². The predicted octanol–water partition coefficient (Wildman–Crippen LogP) is 2.99. The average molecular weight is 262 g/mol. The van der Waals surface area contributed by atoms with Gasteiger partial charge < -0.3 is 9.40 Å². The number of carbonyl (C=O) groups is 1. The lowest BCUT2D eigenvalue weighted by Crippen LogP contribution is -1.93. The third-order valence-corrected chi connectivity index (χ3v) is 2.93. The molecule has 0 aliphatic rings. The van der Waals surface area contributed by atoms with Crippen molar-refractivity contribution in [2.75, 3.05) is 0 Å². The number of aldehydes is 1. The van der Waals surface area contributed by atoms with Crippen molar-refractivity contribution in [3.63, 3.8) is 0 Å². The van der Waals surface area contributed by atoms with Crippen molar-refractivity contribution in [2.24, 2.45) is 0 Å². The van der Waals surface area contributed by atoms with Gasteiger partial charge in [0.1, 0.15) is 22.3 Å². The molecule has 0 spiro atoms. The molecule has 0 saturated carbocycles. The highest BCUT2D eigenvalue weighted by Gasteiger charge is 2.18. The van der Waals surface area contributed by atoms with Crippen molar-refractivity contribution in [1.82, 2.24) is 15.0 Å². The zero-order valence-electron chi connectivity index (χ0n) is 9.40. The molecule has 0 aliphatic carbocycles. The summed E-state index contributed by atoms with van der Waals surface area (Å²) in [6.45, 7) is 1.77. The second-order valence-electron chi connectivity index (χ2n) is 3.79. The highest BCUT2D eigenvalue weighted by molar-refractivity contribution is 6.34. The molecule has 0 fully saturated rings. The van der Waals surface area contributed by atoms with Crippen molar-refractivity contribution >= 4 is 28.9 Å². The molecule has 3 rings (SSSR count). The molecule has 3 aromatic heterocycles. The van der Waals surface area contributed by atoms with Crippen LogP contribution < -0.4 is 0 Å². The van der Waals surface area contributed by atoms with Crippen LogP contribution in [0.15, 0.2) is 22.8 Å². The fourth-order valence-electron chi connectivity index (χ4n) is 1.90. The minimum Gasteiger partial charge on any atom is -0.463 e. The SMILES string of the molecule is Cc1nc(-c2ccco2)c2c(C=O)c(Cl)[nH]c2n1. The second kappa shape index (κ2) is 3.96. The smallest absolute Gasteiger partial charge is 0.153 e. The van der Waals surface area contributed by atoms with Gasteiger partial charge in [-0.05, 0) is 19.1 Å². The van der Waals surface area contributed by atoms with Crippen LogP contribution in [0, 0.1) is 6.92 Å². The second-order valence-corrected chi connectivity index (χ2v) is 4.17. The zero-order chi connectivity index (χ0) is 12.7. The van der Waals surface area contributed by atoms with Crippen LogP contribution in [-0.4, -0.2) is 21.2 Å². The summed E-state index contributed by atoms with van der Waals surface area (Å²) in [5, 5.41) is 0.836. The molecule has 0 radical (unpaired) electrons. The van der Waals surface area contributed by atoms with Gasteiger partial charge in [-0.1, -0.05) is 11.6 Å². The Balaban J connectivity index is 2.46. The van der Waals surface area contributed by atoms with Crippen molar-refractivity contribution in [1.29, 1.82) is 0 Å². The lowest BCUT2D eigenvalue weighted by Gasteiger charge is -2.01. The molecule has 0 atom stereocenters. The van der Waals surface area contributed by atoms with E-state index in [4.69, 9.17) is 16.0 Å². The monoisotopic (exact) mass is 261 g/mol. The number of aromatic nitrogens is 3. The molecule has 0 unspecified atom stereocenters. The molecular weight excluding hydrogens is 254 g/mol. The predicted molar refractivity (Wildman–Crippen MR) is 66.7 cm³/mol. The minimum atomic E-state index is 0.257. The van der Waals surface area contributed by atoms with Crippen molar-refractivity contribution in [3.05, 3.63) is 34.9 Å². The summed E-state index contributed by atoms with van der Waals surface area (Å²) in [6, 6.07) is 3.53. The van der Waals surface area contributed by atoms with Gasteiger partial charge in [0.2, 0.25) is 0 Å². The van der Waals surface area contributed by atoms with Gasteiger partial charge in [0.25, 0.3) is 0 Å². The third kappa shape index (κ3) is 1.52. The zero-order valence-corrected chi connectivity index (χ0v) is 10.2. The Morgan fingerprint density at radius 3 is 2.94 bits per heavy atom. The summed E-state index contributed by atoms with van der Waals surface area (Å²) < 4.78 is 5.33. The van der Waals surface area contributed by atoms with Gasteiger partial charge in [-0.15, -0.1) is 0 Å². The maximum atomic E-state index is 11.1. The van der Waals surface area contributed by atoms with E-state index in [9.17, 15) is 4.79 Å². The minimum absolute atomic E-state index is 0.257. The molecular formula is C12H8ClN3O2. The van der Waals surface area contributed by atoms with Crippen molar-refractivity contribution in [2.45, 2.75) is 6.92 Å². The Labute approximate surface area is 107 Å². The average Bonchev–Trinajstić information content (AvgIpc) is 2.94. The number of furan rings is 1. The van der Waals surface area contributed by atoms with Crippen LogP contribution in [0.5, 0.6) is 0 Å². The lowest BCUT2D eigenvalue weighted by molar-refractivity contribution is 0.112. The van der Waals surface area contributed by atoms with Crippen LogP contribution in [0.4, 0.5) is 0 Å². The Morgan fingerprint density at radius 2 is 2.28 bits per heavy atom. The number of halogens is 1. The number of aromatic amines is 1. The number of fused-ring (bicyclic) bond motifs is 1. The first-order valence-corrected chi connectivity index (χ1v) is 5.63. The lowest BCUT2D eigenvalue weighted by atomic mass is 10.1. The van der Waals surface area contributed by atoms with Gasteiger partial charge in [-0.3, -0.25) is 4.79 Å². The summed E-state index contributed by atoms with van der Waals surface area (Å²) in [5.74, 6) is 1.15. The molecule has 0 saturated heterocycles. The van der Waals surface area contributed by atoms with Gasteiger partial charge in [-0.25, -0.2) is 9.97 Å². The first kappa shape index (κ1) is 11.0. The first-order valence-electron chi connectivity index (χ1n) is 5.25. The van der Waals surface area contributed by atoms with Crippen LogP contribution in [0.3, 0.4) is 0 Å². The van der Waals surface area contributed by atoms with Gasteiger partial charge in [0.05, 0.1) is 17.2 Å². The van der Waals surface area contributed by atoms with Crippen LogP contribution in [-0.2, 0) is 0 Å². The fourth-order valence-corrected chi connectivity index (χ4v) is 2.13. The molecule has 3 aromatic rings. The summed E-state index contributed by atoms with van der Waals surface area (Å²) in [7, 11) is 0. The molecule has 0 amide bonds. The van der Waals surface area contributed by atoms with E-state index in [2.05, 4.69) is 15.0 Å². The number of nitrogens with one attached hydrogen (secondary N) is 1.